The number of fused-ring (bicyclic) bond motifs is 1. The van der Waals surface area contributed by atoms with Gasteiger partial charge in [-0.05, 0) is 30.7 Å². The average molecular weight is 356 g/mol. The third-order valence-electron chi connectivity index (χ3n) is 3.81. The number of pyridine rings is 1. The highest BCUT2D eigenvalue weighted by atomic mass is 16.6. The summed E-state index contributed by atoms with van der Waals surface area (Å²) in [5.41, 5.74) is 5.65. The van der Waals surface area contributed by atoms with E-state index in [1.54, 1.807) is 24.4 Å². The molecule has 3 N–H and O–H groups in total. The fraction of sp³-hybridized carbons (Fsp3) is 0.188. The number of nitrogens with one attached hydrogen (secondary N) is 1. The Kier molecular flexibility index (Phi) is 4.65. The summed E-state index contributed by atoms with van der Waals surface area (Å²) in [5.74, 6) is -0.449. The first-order valence-electron chi connectivity index (χ1n) is 7.83. The van der Waals surface area contributed by atoms with Crippen LogP contribution in [-0.2, 0) is 6.54 Å². The number of aryl methyl sites for hydroxylation is 1. The summed E-state index contributed by atoms with van der Waals surface area (Å²) in [5, 5.41) is 17.7. The summed E-state index contributed by atoms with van der Waals surface area (Å²) in [4.78, 5) is 34.4. The van der Waals surface area contributed by atoms with E-state index in [2.05, 4.69) is 10.4 Å². The number of nitrogen functional groups attached to an aromatic ring is 1. The molecule has 0 unspecified atom stereocenters. The molecule has 1 amide bonds. The number of rotatable bonds is 6. The minimum absolute atomic E-state index is 0.00206. The van der Waals surface area contributed by atoms with Crippen molar-refractivity contribution in [3.63, 3.8) is 0 Å². The van der Waals surface area contributed by atoms with Gasteiger partial charge in [0, 0.05) is 30.9 Å². The van der Waals surface area contributed by atoms with Gasteiger partial charge in [0.05, 0.1) is 4.92 Å². The van der Waals surface area contributed by atoms with E-state index in [0.29, 0.717) is 18.6 Å². The molecule has 2 aromatic heterocycles. The smallest absolute Gasteiger partial charge is 0.350 e. The van der Waals surface area contributed by atoms with E-state index in [-0.39, 0.29) is 29.2 Å². The number of nitro benzene ring substituents is 1. The molecule has 0 fully saturated rings. The van der Waals surface area contributed by atoms with Gasteiger partial charge in [0.2, 0.25) is 0 Å². The number of carbonyl (C=O) groups is 1. The number of hydrogen-bond donors (Lipinski definition) is 2. The molecule has 0 atom stereocenters. The van der Waals surface area contributed by atoms with Crippen molar-refractivity contribution in [1.82, 2.24) is 19.5 Å². The van der Waals surface area contributed by atoms with Crippen LogP contribution in [0.15, 0.2) is 47.4 Å². The van der Waals surface area contributed by atoms with Crippen LogP contribution < -0.4 is 16.7 Å². The highest BCUT2D eigenvalue weighted by molar-refractivity contribution is 5.95. The van der Waals surface area contributed by atoms with Crippen molar-refractivity contribution in [2.45, 2.75) is 13.0 Å². The molecule has 1 aromatic carbocycles. The van der Waals surface area contributed by atoms with Crippen molar-refractivity contribution in [3.8, 4) is 0 Å². The number of anilines is 1. The van der Waals surface area contributed by atoms with Crippen LogP contribution in [-0.4, -0.2) is 31.6 Å². The van der Waals surface area contributed by atoms with Gasteiger partial charge in [-0.3, -0.25) is 19.3 Å². The van der Waals surface area contributed by atoms with E-state index in [9.17, 15) is 19.7 Å². The molecule has 0 radical (unpaired) electrons. The Labute approximate surface area is 147 Å². The number of nitro groups is 1. The Morgan fingerprint density at radius 1 is 1.31 bits per heavy atom. The van der Waals surface area contributed by atoms with E-state index in [0.717, 1.165) is 6.07 Å². The summed E-state index contributed by atoms with van der Waals surface area (Å²) in [6, 6.07) is 9.14. The van der Waals surface area contributed by atoms with E-state index in [1.807, 2.05) is 0 Å². The zero-order chi connectivity index (χ0) is 18.7. The van der Waals surface area contributed by atoms with Crippen molar-refractivity contribution in [1.29, 1.82) is 0 Å². The van der Waals surface area contributed by atoms with Gasteiger partial charge in [-0.15, -0.1) is 5.10 Å². The predicted octanol–water partition coefficient (Wildman–Crippen LogP) is 0.806. The Bertz CT molecular complexity index is 1040. The second-order valence-electron chi connectivity index (χ2n) is 5.57. The molecule has 2 heterocycles. The number of benzene rings is 1. The number of nitrogens with two attached hydrogens (primary N) is 1. The van der Waals surface area contributed by atoms with Crippen LogP contribution in [0.3, 0.4) is 0 Å². The van der Waals surface area contributed by atoms with Gasteiger partial charge in [0.25, 0.3) is 11.6 Å². The Balaban J connectivity index is 1.58. The lowest BCUT2D eigenvalue weighted by Crippen LogP contribution is -2.27. The zero-order valence-electron chi connectivity index (χ0n) is 13.7. The van der Waals surface area contributed by atoms with Crippen LogP contribution in [0.2, 0.25) is 0 Å². The third-order valence-corrected chi connectivity index (χ3v) is 3.81. The van der Waals surface area contributed by atoms with Gasteiger partial charge >= 0.3 is 5.69 Å². The van der Waals surface area contributed by atoms with Crippen LogP contribution in [0.25, 0.3) is 5.65 Å². The molecule has 3 rings (SSSR count). The lowest BCUT2D eigenvalue weighted by molar-refractivity contribution is -0.383. The summed E-state index contributed by atoms with van der Waals surface area (Å²) in [7, 11) is 0. The van der Waals surface area contributed by atoms with Gasteiger partial charge < -0.3 is 11.1 Å². The molecule has 0 aliphatic heterocycles. The lowest BCUT2D eigenvalue weighted by atomic mass is 10.1. The fourth-order valence-electron chi connectivity index (χ4n) is 2.49. The summed E-state index contributed by atoms with van der Waals surface area (Å²) in [6.45, 7) is 0.625. The van der Waals surface area contributed by atoms with Crippen LogP contribution >= 0.6 is 0 Å². The fourth-order valence-corrected chi connectivity index (χ4v) is 2.49. The van der Waals surface area contributed by atoms with E-state index < -0.39 is 10.8 Å². The molecule has 0 bridgehead atoms. The average Bonchev–Trinajstić information content (AvgIpc) is 2.95. The predicted molar refractivity (Wildman–Crippen MR) is 93.9 cm³/mol. The van der Waals surface area contributed by atoms with Crippen LogP contribution in [0.5, 0.6) is 0 Å². The van der Waals surface area contributed by atoms with Gasteiger partial charge in [0.1, 0.15) is 5.69 Å². The van der Waals surface area contributed by atoms with E-state index in [1.165, 1.54) is 21.2 Å². The van der Waals surface area contributed by atoms with Crippen molar-refractivity contribution in [3.05, 3.63) is 68.8 Å². The lowest BCUT2D eigenvalue weighted by Gasteiger charge is -2.06. The first kappa shape index (κ1) is 17.1. The van der Waals surface area contributed by atoms with Crippen molar-refractivity contribution in [2.24, 2.45) is 0 Å². The monoisotopic (exact) mass is 356 g/mol. The minimum Gasteiger partial charge on any atom is -0.393 e. The van der Waals surface area contributed by atoms with Crippen molar-refractivity contribution < 1.29 is 9.72 Å². The molecule has 3 aromatic rings. The first-order valence-corrected chi connectivity index (χ1v) is 7.83. The topological polar surface area (TPSA) is 138 Å². The number of carbonyl (C=O) groups excluding carboxylic acids is 1. The molecule has 0 aliphatic carbocycles. The first-order chi connectivity index (χ1) is 12.5. The molecule has 10 nitrogen and oxygen atoms in total. The number of aromatic nitrogens is 3. The molecule has 0 saturated carbocycles. The van der Waals surface area contributed by atoms with Crippen molar-refractivity contribution >= 4 is 22.9 Å². The van der Waals surface area contributed by atoms with Gasteiger partial charge in [-0.1, -0.05) is 6.07 Å². The summed E-state index contributed by atoms with van der Waals surface area (Å²) >= 11 is 0. The molecule has 134 valence electrons. The molecular formula is C16H16N6O4. The Morgan fingerprint density at radius 3 is 2.85 bits per heavy atom. The van der Waals surface area contributed by atoms with Crippen LogP contribution in [0, 0.1) is 10.1 Å². The van der Waals surface area contributed by atoms with E-state index >= 15 is 0 Å². The zero-order valence-corrected chi connectivity index (χ0v) is 13.7. The van der Waals surface area contributed by atoms with Crippen LogP contribution in [0.4, 0.5) is 11.4 Å². The molecule has 0 spiro atoms. The number of nitrogens with zero attached hydrogens (tertiary/aromatic N) is 4. The second kappa shape index (κ2) is 7.05. The number of amides is 1. The largest absolute Gasteiger partial charge is 0.393 e. The molecule has 10 heteroatoms. The standard InChI is InChI=1S/C16H16N6O4/c17-12-6-5-11(10-13(12)22(25)26)15(23)18-7-3-9-21-16(24)20-8-2-1-4-14(20)19-21/h1-2,4-6,8,10H,3,7,9,17H2,(H,18,23). The molecular weight excluding hydrogens is 340 g/mol. The maximum atomic E-state index is 12.1. The SMILES string of the molecule is Nc1ccc(C(=O)NCCCn2nc3ccccn3c2=O)cc1[N+](=O)[O-]. The molecule has 0 aliphatic rings. The third kappa shape index (κ3) is 3.38. The highest BCUT2D eigenvalue weighted by Gasteiger charge is 2.15. The summed E-state index contributed by atoms with van der Waals surface area (Å²) in [6.07, 6.45) is 2.11. The van der Waals surface area contributed by atoms with Crippen molar-refractivity contribution in [2.75, 3.05) is 12.3 Å². The highest BCUT2D eigenvalue weighted by Crippen LogP contribution is 2.22. The van der Waals surface area contributed by atoms with Crippen LogP contribution in [0.1, 0.15) is 16.8 Å². The second-order valence-corrected chi connectivity index (χ2v) is 5.57. The van der Waals surface area contributed by atoms with Gasteiger partial charge in [0.15, 0.2) is 5.65 Å². The Hall–Kier alpha value is -3.69. The van der Waals surface area contributed by atoms with Gasteiger partial charge in [-0.2, -0.15) is 0 Å². The number of hydrogen-bond acceptors (Lipinski definition) is 6. The summed E-state index contributed by atoms with van der Waals surface area (Å²) < 4.78 is 2.77. The maximum Gasteiger partial charge on any atom is 0.350 e. The maximum absolute atomic E-state index is 12.1. The molecule has 26 heavy (non-hydrogen) atoms. The van der Waals surface area contributed by atoms with Gasteiger partial charge in [-0.25, -0.2) is 9.48 Å². The van der Waals surface area contributed by atoms with E-state index in [4.69, 9.17) is 5.73 Å². The quantitative estimate of drug-likeness (QED) is 0.290. The molecule has 0 saturated heterocycles. The minimum atomic E-state index is -0.637. The normalized spacial score (nSPS) is 10.8. The Morgan fingerprint density at radius 2 is 2.12 bits per heavy atom.